The summed E-state index contributed by atoms with van der Waals surface area (Å²) in [5.74, 6) is 0.793. The van der Waals surface area contributed by atoms with Gasteiger partial charge in [-0.1, -0.05) is 11.6 Å². The number of aromatic nitrogens is 1. The van der Waals surface area contributed by atoms with Gasteiger partial charge in [0.15, 0.2) is 5.75 Å². The first-order valence-corrected chi connectivity index (χ1v) is 7.25. The molecule has 0 bridgehead atoms. The van der Waals surface area contributed by atoms with E-state index in [9.17, 15) is 0 Å². The van der Waals surface area contributed by atoms with Gasteiger partial charge in [0, 0.05) is 24.0 Å². The van der Waals surface area contributed by atoms with Crippen LogP contribution in [0.5, 0.6) is 5.75 Å². The minimum absolute atomic E-state index is 0.610. The topological polar surface area (TPSA) is 26.2 Å². The lowest BCUT2D eigenvalue weighted by Gasteiger charge is -2.15. The Hall–Kier alpha value is -1.13. The molecular formula is C14H16BrClN2O. The van der Waals surface area contributed by atoms with Crippen molar-refractivity contribution in [2.45, 2.75) is 13.5 Å². The van der Waals surface area contributed by atoms with E-state index >= 15 is 0 Å². The van der Waals surface area contributed by atoms with Crippen molar-refractivity contribution < 1.29 is 4.74 Å². The Balaban J connectivity index is 2.21. The zero-order valence-corrected chi connectivity index (χ0v) is 13.3. The van der Waals surface area contributed by atoms with E-state index in [-0.39, 0.29) is 0 Å². The van der Waals surface area contributed by atoms with Gasteiger partial charge in [0.1, 0.15) is 0 Å². The lowest BCUT2D eigenvalue weighted by molar-refractivity contribution is 0.339. The van der Waals surface area contributed by atoms with Crippen molar-refractivity contribution in [3.8, 4) is 5.75 Å². The van der Waals surface area contributed by atoms with Crippen molar-refractivity contribution in [3.63, 3.8) is 0 Å². The zero-order chi connectivity index (χ0) is 13.8. The maximum absolute atomic E-state index is 6.08. The normalized spacial score (nSPS) is 10.5. The second-order valence-electron chi connectivity index (χ2n) is 4.16. The molecule has 0 unspecified atom stereocenters. The van der Waals surface area contributed by atoms with Crippen LogP contribution in [0.3, 0.4) is 0 Å². The molecule has 0 amide bonds. The number of hydrogen-bond acceptors (Lipinski definition) is 2. The Morgan fingerprint density at radius 1 is 1.42 bits per heavy atom. The zero-order valence-electron chi connectivity index (χ0n) is 10.9. The molecule has 1 heterocycles. The van der Waals surface area contributed by atoms with Gasteiger partial charge in [-0.2, -0.15) is 0 Å². The van der Waals surface area contributed by atoms with Crippen LogP contribution < -0.4 is 10.1 Å². The van der Waals surface area contributed by atoms with E-state index in [0.717, 1.165) is 22.5 Å². The minimum Gasteiger partial charge on any atom is -0.491 e. The maximum atomic E-state index is 6.08. The van der Waals surface area contributed by atoms with E-state index in [0.29, 0.717) is 11.6 Å². The third-order valence-corrected chi connectivity index (χ3v) is 3.62. The van der Waals surface area contributed by atoms with Gasteiger partial charge >= 0.3 is 0 Å². The molecule has 0 spiro atoms. The number of hydrogen-bond donors (Lipinski definition) is 1. The number of anilines is 1. The Labute approximate surface area is 126 Å². The second kappa shape index (κ2) is 6.35. The van der Waals surface area contributed by atoms with Crippen LogP contribution in [0.25, 0.3) is 0 Å². The monoisotopic (exact) mass is 342 g/mol. The van der Waals surface area contributed by atoms with Crippen molar-refractivity contribution in [2.75, 3.05) is 11.9 Å². The number of rotatable bonds is 5. The highest BCUT2D eigenvalue weighted by atomic mass is 79.9. The number of aryl methyl sites for hydroxylation is 1. The summed E-state index contributed by atoms with van der Waals surface area (Å²) in [6.07, 6.45) is 2.02. The number of nitrogens with one attached hydrogen (secondary N) is 1. The summed E-state index contributed by atoms with van der Waals surface area (Å²) in [4.78, 5) is 0. The third-order valence-electron chi connectivity index (χ3n) is 2.81. The van der Waals surface area contributed by atoms with E-state index in [1.54, 1.807) is 0 Å². The van der Waals surface area contributed by atoms with Crippen LogP contribution in [-0.2, 0) is 13.6 Å². The minimum atomic E-state index is 0.610. The van der Waals surface area contributed by atoms with Crippen LogP contribution in [0, 0.1) is 0 Å². The largest absolute Gasteiger partial charge is 0.491 e. The quantitative estimate of drug-likeness (QED) is 0.868. The summed E-state index contributed by atoms with van der Waals surface area (Å²) in [6.45, 7) is 3.29. The fraction of sp³-hybridized carbons (Fsp3) is 0.286. The lowest BCUT2D eigenvalue weighted by Crippen LogP contribution is -2.06. The van der Waals surface area contributed by atoms with E-state index in [1.807, 2.05) is 38.4 Å². The molecule has 2 rings (SSSR count). The highest BCUT2D eigenvalue weighted by Gasteiger charge is 2.10. The van der Waals surface area contributed by atoms with E-state index in [2.05, 4.69) is 31.9 Å². The number of benzene rings is 1. The van der Waals surface area contributed by atoms with Crippen molar-refractivity contribution >= 4 is 33.2 Å². The average molecular weight is 344 g/mol. The number of nitrogens with zero attached hydrogens (tertiary/aromatic N) is 1. The van der Waals surface area contributed by atoms with Gasteiger partial charge in [0.05, 0.1) is 23.3 Å². The molecule has 0 saturated carbocycles. The summed E-state index contributed by atoms with van der Waals surface area (Å²) < 4.78 is 8.58. The predicted octanol–water partition coefficient (Wildman–Crippen LogP) is 4.45. The van der Waals surface area contributed by atoms with Crippen LogP contribution in [0.4, 0.5) is 5.69 Å². The van der Waals surface area contributed by atoms with Gasteiger partial charge in [-0.3, -0.25) is 0 Å². The number of ether oxygens (including phenoxy) is 1. The molecule has 0 aliphatic carbocycles. The average Bonchev–Trinajstić information content (AvgIpc) is 2.76. The Kier molecular flexibility index (Phi) is 4.77. The molecule has 1 aromatic heterocycles. The van der Waals surface area contributed by atoms with Gasteiger partial charge in [-0.15, -0.1) is 0 Å². The standard InChI is InChI=1S/C14H16BrClN2O/c1-3-19-14-12(15)7-10(16)8-13(14)17-9-11-5-4-6-18(11)2/h4-8,17H,3,9H2,1-2H3. The lowest BCUT2D eigenvalue weighted by atomic mass is 10.2. The molecule has 1 N–H and O–H groups in total. The van der Waals surface area contributed by atoms with Crippen molar-refractivity contribution in [2.24, 2.45) is 7.05 Å². The van der Waals surface area contributed by atoms with Crippen LogP contribution in [-0.4, -0.2) is 11.2 Å². The molecular weight excluding hydrogens is 328 g/mol. The Morgan fingerprint density at radius 3 is 2.84 bits per heavy atom. The van der Waals surface area contributed by atoms with Crippen LogP contribution in [0.2, 0.25) is 5.02 Å². The van der Waals surface area contributed by atoms with Crippen molar-refractivity contribution in [1.29, 1.82) is 0 Å². The Bertz CT molecular complexity index is 569. The first-order valence-electron chi connectivity index (χ1n) is 6.07. The maximum Gasteiger partial charge on any atom is 0.156 e. The van der Waals surface area contributed by atoms with Gasteiger partial charge in [0.25, 0.3) is 0 Å². The van der Waals surface area contributed by atoms with E-state index < -0.39 is 0 Å². The first kappa shape index (κ1) is 14.3. The van der Waals surface area contributed by atoms with Gasteiger partial charge < -0.3 is 14.6 Å². The van der Waals surface area contributed by atoms with Crippen LogP contribution in [0.1, 0.15) is 12.6 Å². The Morgan fingerprint density at radius 2 is 2.21 bits per heavy atom. The predicted molar refractivity (Wildman–Crippen MR) is 83.1 cm³/mol. The summed E-state index contributed by atoms with van der Waals surface area (Å²) in [6, 6.07) is 7.81. The van der Waals surface area contributed by atoms with Gasteiger partial charge in [0.2, 0.25) is 0 Å². The summed E-state index contributed by atoms with van der Waals surface area (Å²) in [5, 5.41) is 4.03. The van der Waals surface area contributed by atoms with Crippen LogP contribution in [0.15, 0.2) is 34.9 Å². The molecule has 1 aromatic carbocycles. The molecule has 0 saturated heterocycles. The molecule has 0 aliphatic heterocycles. The molecule has 19 heavy (non-hydrogen) atoms. The fourth-order valence-corrected chi connectivity index (χ4v) is 2.77. The van der Waals surface area contributed by atoms with Gasteiger partial charge in [-0.05, 0) is 47.1 Å². The summed E-state index contributed by atoms with van der Waals surface area (Å²) in [7, 11) is 2.02. The molecule has 0 radical (unpaired) electrons. The van der Waals surface area contributed by atoms with Gasteiger partial charge in [-0.25, -0.2) is 0 Å². The second-order valence-corrected chi connectivity index (χ2v) is 5.45. The van der Waals surface area contributed by atoms with Crippen molar-refractivity contribution in [3.05, 3.63) is 45.7 Å². The highest BCUT2D eigenvalue weighted by Crippen LogP contribution is 2.36. The SMILES string of the molecule is CCOc1c(Br)cc(Cl)cc1NCc1cccn1C. The molecule has 0 aliphatic rings. The highest BCUT2D eigenvalue weighted by molar-refractivity contribution is 9.10. The molecule has 102 valence electrons. The smallest absolute Gasteiger partial charge is 0.156 e. The number of halogens is 2. The fourth-order valence-electron chi connectivity index (χ4n) is 1.85. The first-order chi connectivity index (χ1) is 9.11. The third kappa shape index (κ3) is 3.45. The van der Waals surface area contributed by atoms with E-state index in [4.69, 9.17) is 16.3 Å². The van der Waals surface area contributed by atoms with Crippen molar-refractivity contribution in [1.82, 2.24) is 4.57 Å². The summed E-state index contributed by atoms with van der Waals surface area (Å²) in [5.41, 5.74) is 2.08. The molecule has 2 aromatic rings. The van der Waals surface area contributed by atoms with Crippen LogP contribution >= 0.6 is 27.5 Å². The summed E-state index contributed by atoms with van der Waals surface area (Å²) >= 11 is 9.56. The molecule has 3 nitrogen and oxygen atoms in total. The van der Waals surface area contributed by atoms with E-state index in [1.165, 1.54) is 5.69 Å². The molecule has 5 heteroatoms. The molecule has 0 atom stereocenters. The molecule has 0 fully saturated rings.